The highest BCUT2D eigenvalue weighted by atomic mass is 32.1. The number of carbonyl (C=O) groups excluding carboxylic acids is 1. The number of carbonyl (C=O) groups is 1. The quantitative estimate of drug-likeness (QED) is 0.804. The molecule has 1 aromatic carbocycles. The Hall–Kier alpha value is -1.45. The van der Waals surface area contributed by atoms with Gasteiger partial charge in [0.1, 0.15) is 0 Å². The predicted molar refractivity (Wildman–Crippen MR) is 60.1 cm³/mol. The molecule has 1 heterocycles. The second kappa shape index (κ2) is 4.38. The Labute approximate surface area is 91.8 Å². The molecule has 0 fully saturated rings. The SMILES string of the molecule is O=C(c1ccccc1)C(O)c1cccs1. The van der Waals surface area contributed by atoms with Crippen LogP contribution in [0.4, 0.5) is 0 Å². The molecule has 1 atom stereocenters. The van der Waals surface area contributed by atoms with Crippen LogP contribution in [0.1, 0.15) is 21.3 Å². The summed E-state index contributed by atoms with van der Waals surface area (Å²) in [6.07, 6.45) is -1.03. The van der Waals surface area contributed by atoms with Crippen LogP contribution in [0.2, 0.25) is 0 Å². The van der Waals surface area contributed by atoms with Gasteiger partial charge in [0.05, 0.1) is 0 Å². The fourth-order valence-electron chi connectivity index (χ4n) is 1.34. The summed E-state index contributed by atoms with van der Waals surface area (Å²) in [6, 6.07) is 12.4. The molecule has 0 radical (unpaired) electrons. The van der Waals surface area contributed by atoms with Crippen molar-refractivity contribution >= 4 is 17.1 Å². The summed E-state index contributed by atoms with van der Waals surface area (Å²) in [5, 5.41) is 11.6. The number of hydrogen-bond acceptors (Lipinski definition) is 3. The van der Waals surface area contributed by atoms with Gasteiger partial charge in [-0.25, -0.2) is 0 Å². The monoisotopic (exact) mass is 218 g/mol. The lowest BCUT2D eigenvalue weighted by Gasteiger charge is -2.06. The minimum atomic E-state index is -1.03. The van der Waals surface area contributed by atoms with Gasteiger partial charge in [-0.1, -0.05) is 36.4 Å². The largest absolute Gasteiger partial charge is 0.379 e. The maximum Gasteiger partial charge on any atom is 0.196 e. The van der Waals surface area contributed by atoms with Crippen LogP contribution in [-0.4, -0.2) is 10.9 Å². The standard InChI is InChI=1S/C12H10O2S/c13-11(9-5-2-1-3-6-9)12(14)10-7-4-8-15-10/h1-8,12,14H. The van der Waals surface area contributed by atoms with E-state index in [-0.39, 0.29) is 5.78 Å². The number of Topliss-reactive ketones (excluding diaryl/α,β-unsaturated/α-hetero) is 1. The van der Waals surface area contributed by atoms with Gasteiger partial charge in [-0.3, -0.25) is 4.79 Å². The van der Waals surface area contributed by atoms with Crippen molar-refractivity contribution in [2.75, 3.05) is 0 Å². The highest BCUT2D eigenvalue weighted by Crippen LogP contribution is 2.22. The molecule has 1 aromatic heterocycles. The van der Waals surface area contributed by atoms with E-state index in [1.54, 1.807) is 30.3 Å². The van der Waals surface area contributed by atoms with Gasteiger partial charge in [-0.05, 0) is 11.4 Å². The van der Waals surface area contributed by atoms with Crippen molar-refractivity contribution in [1.29, 1.82) is 0 Å². The molecule has 0 aliphatic carbocycles. The Balaban J connectivity index is 2.23. The van der Waals surface area contributed by atoms with E-state index in [2.05, 4.69) is 0 Å². The Kier molecular flexibility index (Phi) is 2.94. The van der Waals surface area contributed by atoms with Crippen LogP contribution in [0.15, 0.2) is 47.8 Å². The molecular weight excluding hydrogens is 208 g/mol. The van der Waals surface area contributed by atoms with Crippen molar-refractivity contribution in [3.63, 3.8) is 0 Å². The first-order valence-electron chi connectivity index (χ1n) is 4.60. The maximum atomic E-state index is 11.8. The van der Waals surface area contributed by atoms with Crippen molar-refractivity contribution in [3.8, 4) is 0 Å². The normalized spacial score (nSPS) is 12.3. The van der Waals surface area contributed by atoms with Crippen molar-refractivity contribution in [2.45, 2.75) is 6.10 Å². The third-order valence-electron chi connectivity index (χ3n) is 2.12. The summed E-state index contributed by atoms with van der Waals surface area (Å²) in [5.41, 5.74) is 0.540. The van der Waals surface area contributed by atoms with Gasteiger partial charge < -0.3 is 5.11 Å². The molecule has 15 heavy (non-hydrogen) atoms. The van der Waals surface area contributed by atoms with Crippen LogP contribution in [0, 0.1) is 0 Å². The third-order valence-corrected chi connectivity index (χ3v) is 3.04. The zero-order valence-corrected chi connectivity index (χ0v) is 8.78. The van der Waals surface area contributed by atoms with E-state index >= 15 is 0 Å². The molecule has 0 bridgehead atoms. The van der Waals surface area contributed by atoms with Crippen LogP contribution >= 0.6 is 11.3 Å². The van der Waals surface area contributed by atoms with Crippen LogP contribution in [0.3, 0.4) is 0 Å². The van der Waals surface area contributed by atoms with E-state index in [4.69, 9.17) is 0 Å². The lowest BCUT2D eigenvalue weighted by atomic mass is 10.1. The van der Waals surface area contributed by atoms with E-state index in [1.165, 1.54) is 11.3 Å². The minimum absolute atomic E-state index is 0.252. The van der Waals surface area contributed by atoms with Crippen LogP contribution in [0.25, 0.3) is 0 Å². The Morgan fingerprint density at radius 3 is 2.47 bits per heavy atom. The first-order valence-corrected chi connectivity index (χ1v) is 5.48. The number of ketones is 1. The molecule has 2 aromatic rings. The van der Waals surface area contributed by atoms with E-state index in [0.29, 0.717) is 10.4 Å². The molecule has 0 saturated heterocycles. The Bertz CT molecular complexity index is 434. The highest BCUT2D eigenvalue weighted by Gasteiger charge is 2.19. The summed E-state index contributed by atoms with van der Waals surface area (Å²) in [4.78, 5) is 12.5. The van der Waals surface area contributed by atoms with E-state index < -0.39 is 6.10 Å². The maximum absolute atomic E-state index is 11.8. The molecule has 0 amide bonds. The number of benzene rings is 1. The number of hydrogen-bond donors (Lipinski definition) is 1. The molecule has 3 heteroatoms. The number of rotatable bonds is 3. The van der Waals surface area contributed by atoms with Gasteiger partial charge in [0.15, 0.2) is 11.9 Å². The minimum Gasteiger partial charge on any atom is -0.379 e. The lowest BCUT2D eigenvalue weighted by molar-refractivity contribution is 0.0753. The molecule has 2 rings (SSSR count). The molecule has 1 unspecified atom stereocenters. The zero-order valence-electron chi connectivity index (χ0n) is 7.96. The molecule has 1 N–H and O–H groups in total. The molecule has 0 aliphatic heterocycles. The van der Waals surface area contributed by atoms with Crippen LogP contribution < -0.4 is 0 Å². The van der Waals surface area contributed by atoms with Crippen molar-refractivity contribution in [2.24, 2.45) is 0 Å². The molecule has 2 nitrogen and oxygen atoms in total. The van der Waals surface area contributed by atoms with E-state index in [0.717, 1.165) is 0 Å². The first-order chi connectivity index (χ1) is 7.29. The number of aliphatic hydroxyl groups is 1. The summed E-state index contributed by atoms with van der Waals surface area (Å²) in [7, 11) is 0. The van der Waals surface area contributed by atoms with Gasteiger partial charge in [0.2, 0.25) is 0 Å². The average molecular weight is 218 g/mol. The molecule has 76 valence electrons. The van der Waals surface area contributed by atoms with Crippen LogP contribution in [0.5, 0.6) is 0 Å². The summed E-state index contributed by atoms with van der Waals surface area (Å²) in [6.45, 7) is 0. The van der Waals surface area contributed by atoms with Gasteiger partial charge in [0.25, 0.3) is 0 Å². The van der Waals surface area contributed by atoms with Crippen molar-refractivity contribution in [1.82, 2.24) is 0 Å². The molecule has 0 aliphatic rings. The van der Waals surface area contributed by atoms with Gasteiger partial charge in [0, 0.05) is 10.4 Å². The summed E-state index contributed by atoms with van der Waals surface area (Å²) in [5.74, 6) is -0.252. The molecular formula is C12H10O2S. The van der Waals surface area contributed by atoms with Gasteiger partial charge in [-0.2, -0.15) is 0 Å². The smallest absolute Gasteiger partial charge is 0.196 e. The predicted octanol–water partition coefficient (Wildman–Crippen LogP) is 2.66. The summed E-state index contributed by atoms with van der Waals surface area (Å²) >= 11 is 1.38. The van der Waals surface area contributed by atoms with Crippen molar-refractivity contribution < 1.29 is 9.90 Å². The second-order valence-electron chi connectivity index (χ2n) is 3.15. The van der Waals surface area contributed by atoms with Gasteiger partial charge >= 0.3 is 0 Å². The Morgan fingerprint density at radius 2 is 1.87 bits per heavy atom. The highest BCUT2D eigenvalue weighted by molar-refractivity contribution is 7.10. The Morgan fingerprint density at radius 1 is 1.13 bits per heavy atom. The van der Waals surface area contributed by atoms with Crippen LogP contribution in [-0.2, 0) is 0 Å². The second-order valence-corrected chi connectivity index (χ2v) is 4.13. The topological polar surface area (TPSA) is 37.3 Å². The molecule has 0 saturated carbocycles. The summed E-state index contributed by atoms with van der Waals surface area (Å²) < 4.78 is 0. The number of aliphatic hydroxyl groups excluding tert-OH is 1. The fourth-order valence-corrected chi connectivity index (χ4v) is 2.04. The van der Waals surface area contributed by atoms with Gasteiger partial charge in [-0.15, -0.1) is 11.3 Å². The van der Waals surface area contributed by atoms with E-state index in [9.17, 15) is 9.90 Å². The third kappa shape index (κ3) is 2.14. The lowest BCUT2D eigenvalue weighted by Crippen LogP contribution is -2.10. The van der Waals surface area contributed by atoms with Crippen molar-refractivity contribution in [3.05, 3.63) is 58.3 Å². The van der Waals surface area contributed by atoms with E-state index in [1.807, 2.05) is 17.5 Å². The zero-order chi connectivity index (χ0) is 10.7. The average Bonchev–Trinajstić information content (AvgIpc) is 2.82. The number of thiophene rings is 1. The molecule has 0 spiro atoms. The fraction of sp³-hybridized carbons (Fsp3) is 0.0833. The first kappa shape index (κ1) is 10.1.